The first kappa shape index (κ1) is 40.8. The Bertz CT molecular complexity index is 638. The first-order valence-corrected chi connectivity index (χ1v) is 17.7. The summed E-state index contributed by atoms with van der Waals surface area (Å²) in [6.45, 7) is 3.93. The highest BCUT2D eigenvalue weighted by molar-refractivity contribution is 5.80. The van der Waals surface area contributed by atoms with Gasteiger partial charge >= 0.3 is 0 Å². The maximum atomic E-state index is 12.4. The van der Waals surface area contributed by atoms with Gasteiger partial charge in [0.2, 0.25) is 5.91 Å². The molecule has 0 rings (SSSR count). The van der Waals surface area contributed by atoms with Crippen molar-refractivity contribution in [3.63, 3.8) is 0 Å². The minimum atomic E-state index is -1.28. The van der Waals surface area contributed by atoms with Crippen molar-refractivity contribution in [1.82, 2.24) is 5.32 Å². The number of nitrogens with one attached hydrogen (secondary N) is 1. The molecule has 0 radical (unpaired) electrons. The summed E-state index contributed by atoms with van der Waals surface area (Å²) in [5, 5.41) is 43.2. The lowest BCUT2D eigenvalue weighted by molar-refractivity contribution is -0.132. The number of rotatable bonds is 31. The summed E-state index contributed by atoms with van der Waals surface area (Å²) in [5.41, 5.74) is 0. The summed E-state index contributed by atoms with van der Waals surface area (Å²) in [7, 11) is 0. The third kappa shape index (κ3) is 25.3. The largest absolute Gasteiger partial charge is 0.394 e. The highest BCUT2D eigenvalue weighted by Crippen LogP contribution is 2.15. The molecular weight excluding hydrogens is 526 g/mol. The van der Waals surface area contributed by atoms with E-state index in [1.807, 2.05) is 0 Å². The molecule has 0 aliphatic heterocycles. The molecule has 4 atom stereocenters. The molecule has 0 aliphatic rings. The summed E-state index contributed by atoms with van der Waals surface area (Å²) in [6, 6.07) is -1.00. The van der Waals surface area contributed by atoms with E-state index in [-0.39, 0.29) is 0 Å². The lowest BCUT2D eigenvalue weighted by Crippen LogP contribution is -2.53. The molecule has 0 heterocycles. The van der Waals surface area contributed by atoms with Crippen LogP contribution in [-0.2, 0) is 4.79 Å². The van der Waals surface area contributed by atoms with E-state index in [1.165, 1.54) is 89.9 Å². The first-order valence-electron chi connectivity index (χ1n) is 17.7. The molecule has 0 fully saturated rings. The maximum absolute atomic E-state index is 12.4. The Balaban J connectivity index is 3.84. The minimum Gasteiger partial charge on any atom is -0.394 e. The number of carbonyl (C=O) groups excluding carboxylic acids is 1. The highest BCUT2D eigenvalue weighted by atomic mass is 16.3. The van der Waals surface area contributed by atoms with E-state index in [4.69, 9.17) is 0 Å². The maximum Gasteiger partial charge on any atom is 0.249 e. The predicted octanol–water partition coefficient (Wildman–Crippen LogP) is 8.06. The number of hydrogen-bond acceptors (Lipinski definition) is 5. The smallest absolute Gasteiger partial charge is 0.249 e. The molecular formula is C36H69NO5. The second-order valence-electron chi connectivity index (χ2n) is 12.2. The zero-order valence-electron chi connectivity index (χ0n) is 27.5. The van der Waals surface area contributed by atoms with Gasteiger partial charge in [-0.05, 0) is 44.9 Å². The molecule has 0 saturated heterocycles. The summed E-state index contributed by atoms with van der Waals surface area (Å²) >= 11 is 0. The van der Waals surface area contributed by atoms with E-state index in [9.17, 15) is 25.2 Å². The monoisotopic (exact) mass is 596 g/mol. The number of hydrogen-bond donors (Lipinski definition) is 5. The Morgan fingerprint density at radius 3 is 1.50 bits per heavy atom. The van der Waals surface area contributed by atoms with Gasteiger partial charge in [-0.1, -0.05) is 147 Å². The average molecular weight is 596 g/mol. The molecule has 6 heteroatoms. The van der Waals surface area contributed by atoms with Gasteiger partial charge < -0.3 is 25.7 Å². The lowest BCUT2D eigenvalue weighted by atomic mass is 10.00. The van der Waals surface area contributed by atoms with Crippen molar-refractivity contribution in [3.05, 3.63) is 24.3 Å². The van der Waals surface area contributed by atoms with Crippen molar-refractivity contribution in [2.75, 3.05) is 6.61 Å². The molecule has 0 aliphatic carbocycles. The Labute approximate surface area is 259 Å². The number of amides is 1. The molecule has 0 bridgehead atoms. The van der Waals surface area contributed by atoms with Crippen molar-refractivity contribution in [3.8, 4) is 0 Å². The van der Waals surface area contributed by atoms with Crippen molar-refractivity contribution in [2.24, 2.45) is 0 Å². The SMILES string of the molecule is CCC/C=C/CC/C=C/CCCC(O)C(O)C(CO)NC(=O)C(O)CCCCCCCCCCCCCCCCCC. The van der Waals surface area contributed by atoms with Crippen LogP contribution in [0, 0.1) is 0 Å². The molecule has 4 unspecified atom stereocenters. The Morgan fingerprint density at radius 1 is 0.571 bits per heavy atom. The Morgan fingerprint density at radius 2 is 1.02 bits per heavy atom. The number of allylic oxidation sites excluding steroid dienone is 4. The van der Waals surface area contributed by atoms with Gasteiger partial charge in [0.1, 0.15) is 12.2 Å². The normalized spacial score (nSPS) is 14.9. The zero-order chi connectivity index (χ0) is 31.1. The average Bonchev–Trinajstić information content (AvgIpc) is 2.99. The predicted molar refractivity (Wildman–Crippen MR) is 177 cm³/mol. The number of carbonyl (C=O) groups is 1. The third-order valence-electron chi connectivity index (χ3n) is 8.12. The Kier molecular flexibility index (Phi) is 30.3. The molecule has 5 N–H and O–H groups in total. The van der Waals surface area contributed by atoms with Crippen LogP contribution in [0.2, 0.25) is 0 Å². The van der Waals surface area contributed by atoms with Crippen LogP contribution in [0.3, 0.4) is 0 Å². The van der Waals surface area contributed by atoms with Crippen molar-refractivity contribution in [1.29, 1.82) is 0 Å². The fourth-order valence-electron chi connectivity index (χ4n) is 5.25. The second-order valence-corrected chi connectivity index (χ2v) is 12.2. The van der Waals surface area contributed by atoms with Crippen LogP contribution < -0.4 is 5.32 Å². The van der Waals surface area contributed by atoms with E-state index in [0.29, 0.717) is 19.3 Å². The summed E-state index contributed by atoms with van der Waals surface area (Å²) in [4.78, 5) is 12.4. The van der Waals surface area contributed by atoms with E-state index in [2.05, 4.69) is 43.5 Å². The standard InChI is InChI=1S/C36H69NO5/c1-3-5-7-9-11-13-15-16-17-18-19-20-22-24-26-28-30-34(40)36(42)37-32(31-38)35(41)33(39)29-27-25-23-21-14-12-10-8-6-4-2/h8,10,21,23,32-35,38-41H,3-7,9,11-20,22,24-31H2,1-2H3,(H,37,42)/b10-8+,23-21+. The van der Waals surface area contributed by atoms with Crippen LogP contribution in [0.4, 0.5) is 0 Å². The fourth-order valence-corrected chi connectivity index (χ4v) is 5.25. The van der Waals surface area contributed by atoms with E-state index < -0.39 is 36.9 Å². The number of aliphatic hydroxyl groups is 4. The summed E-state index contributed by atoms with van der Waals surface area (Å²) in [5.74, 6) is -0.600. The first-order chi connectivity index (χ1) is 20.5. The van der Waals surface area contributed by atoms with Gasteiger partial charge in [-0.25, -0.2) is 0 Å². The van der Waals surface area contributed by atoms with Crippen molar-refractivity contribution in [2.45, 2.75) is 192 Å². The second kappa shape index (κ2) is 31.2. The molecule has 6 nitrogen and oxygen atoms in total. The fraction of sp³-hybridized carbons (Fsp3) is 0.861. The van der Waals surface area contributed by atoms with Gasteiger partial charge in [0, 0.05) is 0 Å². The lowest BCUT2D eigenvalue weighted by Gasteiger charge is -2.27. The van der Waals surface area contributed by atoms with Crippen LogP contribution >= 0.6 is 0 Å². The van der Waals surface area contributed by atoms with Gasteiger partial charge in [-0.2, -0.15) is 0 Å². The van der Waals surface area contributed by atoms with Crippen LogP contribution in [0.15, 0.2) is 24.3 Å². The van der Waals surface area contributed by atoms with E-state index in [0.717, 1.165) is 44.9 Å². The van der Waals surface area contributed by atoms with Crippen LogP contribution in [0.5, 0.6) is 0 Å². The Hall–Kier alpha value is -1.21. The minimum absolute atomic E-state index is 0.363. The molecule has 0 saturated carbocycles. The highest BCUT2D eigenvalue weighted by Gasteiger charge is 2.28. The van der Waals surface area contributed by atoms with Gasteiger partial charge in [0.25, 0.3) is 0 Å². The van der Waals surface area contributed by atoms with Crippen LogP contribution in [-0.4, -0.2) is 57.3 Å². The quantitative estimate of drug-likeness (QED) is 0.0411. The van der Waals surface area contributed by atoms with Crippen molar-refractivity contribution >= 4 is 5.91 Å². The van der Waals surface area contributed by atoms with E-state index in [1.54, 1.807) is 0 Å². The van der Waals surface area contributed by atoms with Gasteiger partial charge in [-0.15, -0.1) is 0 Å². The molecule has 42 heavy (non-hydrogen) atoms. The molecule has 1 amide bonds. The van der Waals surface area contributed by atoms with E-state index >= 15 is 0 Å². The van der Waals surface area contributed by atoms with Crippen LogP contribution in [0.1, 0.15) is 168 Å². The van der Waals surface area contributed by atoms with Crippen LogP contribution in [0.25, 0.3) is 0 Å². The summed E-state index contributed by atoms with van der Waals surface area (Å²) in [6.07, 6.45) is 32.0. The topological polar surface area (TPSA) is 110 Å². The number of aliphatic hydroxyl groups excluding tert-OH is 4. The molecule has 248 valence electrons. The number of unbranched alkanes of at least 4 members (excludes halogenated alkanes) is 18. The van der Waals surface area contributed by atoms with Gasteiger partial charge in [0.05, 0.1) is 18.8 Å². The molecule has 0 aromatic carbocycles. The molecule has 0 aromatic heterocycles. The third-order valence-corrected chi connectivity index (χ3v) is 8.12. The van der Waals surface area contributed by atoms with Crippen molar-refractivity contribution < 1.29 is 25.2 Å². The van der Waals surface area contributed by atoms with Gasteiger partial charge in [-0.3, -0.25) is 4.79 Å². The molecule has 0 spiro atoms. The molecule has 0 aromatic rings. The summed E-state index contributed by atoms with van der Waals surface area (Å²) < 4.78 is 0. The zero-order valence-corrected chi connectivity index (χ0v) is 27.5. The van der Waals surface area contributed by atoms with Gasteiger partial charge in [0.15, 0.2) is 0 Å².